The van der Waals surface area contributed by atoms with Crippen LogP contribution in [-0.2, 0) is 13.6 Å². The molecule has 0 atom stereocenters. The van der Waals surface area contributed by atoms with Gasteiger partial charge in [-0.15, -0.1) is 0 Å². The number of carbonyl (C=O) groups excluding carboxylic acids is 1. The molecule has 0 bridgehead atoms. The molecule has 0 radical (unpaired) electrons. The van der Waals surface area contributed by atoms with Crippen molar-refractivity contribution < 1.29 is 4.79 Å². The summed E-state index contributed by atoms with van der Waals surface area (Å²) in [6.45, 7) is 0.549. The fraction of sp³-hybridized carbons (Fsp3) is 0.357. The van der Waals surface area contributed by atoms with E-state index in [2.05, 4.69) is 10.1 Å². The highest BCUT2D eigenvalue weighted by Crippen LogP contribution is 2.30. The summed E-state index contributed by atoms with van der Waals surface area (Å²) < 4.78 is 1.57. The molecule has 2 aromatic heterocycles. The minimum absolute atomic E-state index is 0.102. The Hall–Kier alpha value is -2.37. The number of nitrogen functional groups attached to an aromatic ring is 1. The highest BCUT2D eigenvalue weighted by molar-refractivity contribution is 5.97. The second-order valence-electron chi connectivity index (χ2n) is 5.13. The third kappa shape index (κ3) is 2.49. The van der Waals surface area contributed by atoms with Gasteiger partial charge in [-0.25, -0.2) is 0 Å². The average Bonchev–Trinajstić information content (AvgIpc) is 3.22. The van der Waals surface area contributed by atoms with Crippen molar-refractivity contribution >= 4 is 11.6 Å². The van der Waals surface area contributed by atoms with Crippen molar-refractivity contribution in [1.29, 1.82) is 0 Å². The first kappa shape index (κ1) is 12.7. The molecular weight excluding hydrogens is 254 g/mol. The molecule has 0 spiro atoms. The van der Waals surface area contributed by atoms with Gasteiger partial charge in [0, 0.05) is 38.2 Å². The Bertz CT molecular complexity index is 618. The maximum atomic E-state index is 12.6. The van der Waals surface area contributed by atoms with Gasteiger partial charge in [0.1, 0.15) is 0 Å². The fourth-order valence-electron chi connectivity index (χ4n) is 2.25. The van der Waals surface area contributed by atoms with Crippen LogP contribution in [0, 0.1) is 0 Å². The van der Waals surface area contributed by atoms with Gasteiger partial charge in [-0.05, 0) is 24.5 Å². The molecule has 0 saturated heterocycles. The topological polar surface area (TPSA) is 77.0 Å². The van der Waals surface area contributed by atoms with Crippen LogP contribution in [0.1, 0.15) is 28.9 Å². The van der Waals surface area contributed by atoms with Crippen LogP contribution in [0.5, 0.6) is 0 Å². The van der Waals surface area contributed by atoms with Crippen LogP contribution in [-0.4, -0.2) is 31.6 Å². The molecule has 6 nitrogen and oxygen atoms in total. The van der Waals surface area contributed by atoms with Crippen LogP contribution in [0.25, 0.3) is 0 Å². The lowest BCUT2D eigenvalue weighted by molar-refractivity contribution is 0.0724. The maximum absolute atomic E-state index is 12.6. The van der Waals surface area contributed by atoms with Crippen LogP contribution in [0.15, 0.2) is 30.7 Å². The van der Waals surface area contributed by atoms with Gasteiger partial charge in [-0.1, -0.05) is 6.07 Å². The molecule has 2 aromatic rings. The lowest BCUT2D eigenvalue weighted by Gasteiger charge is -2.21. The number of carbonyl (C=O) groups is 1. The lowest BCUT2D eigenvalue weighted by atomic mass is 10.2. The molecule has 0 unspecified atom stereocenters. The van der Waals surface area contributed by atoms with Crippen molar-refractivity contribution in [3.05, 3.63) is 42.0 Å². The number of nitrogens with two attached hydrogens (primary N) is 1. The molecular formula is C14H17N5O. The summed E-state index contributed by atoms with van der Waals surface area (Å²) >= 11 is 0. The number of aromatic nitrogens is 3. The molecule has 2 heterocycles. The van der Waals surface area contributed by atoms with E-state index in [9.17, 15) is 4.79 Å². The molecule has 0 aliphatic heterocycles. The number of hydrogen-bond donors (Lipinski definition) is 1. The standard InChI is InChI=1S/C14H17N5O/c1-18-9-12(15)13(17-18)14(20)19(11-4-5-11)8-10-3-2-6-16-7-10/h2-3,6-7,9,11H,4-5,8,15H2,1H3. The Labute approximate surface area is 117 Å². The molecule has 0 aromatic carbocycles. The highest BCUT2D eigenvalue weighted by Gasteiger charge is 2.34. The predicted octanol–water partition coefficient (Wildman–Crippen LogP) is 1.20. The fourth-order valence-corrected chi connectivity index (χ4v) is 2.25. The molecule has 1 aliphatic rings. The van der Waals surface area contributed by atoms with Crippen molar-refractivity contribution in [1.82, 2.24) is 19.7 Å². The Morgan fingerprint density at radius 3 is 2.90 bits per heavy atom. The zero-order valence-corrected chi connectivity index (χ0v) is 11.4. The molecule has 1 fully saturated rings. The van der Waals surface area contributed by atoms with Gasteiger partial charge in [0.2, 0.25) is 0 Å². The zero-order chi connectivity index (χ0) is 14.1. The van der Waals surface area contributed by atoms with Crippen molar-refractivity contribution in [2.24, 2.45) is 7.05 Å². The van der Waals surface area contributed by atoms with Crippen LogP contribution in [0.4, 0.5) is 5.69 Å². The first-order valence-electron chi connectivity index (χ1n) is 6.64. The summed E-state index contributed by atoms with van der Waals surface area (Å²) in [5.74, 6) is -0.102. The van der Waals surface area contributed by atoms with E-state index < -0.39 is 0 Å². The van der Waals surface area contributed by atoms with E-state index in [4.69, 9.17) is 5.73 Å². The predicted molar refractivity (Wildman–Crippen MR) is 74.8 cm³/mol. The third-order valence-electron chi connectivity index (χ3n) is 3.38. The van der Waals surface area contributed by atoms with Crippen LogP contribution < -0.4 is 5.73 Å². The molecule has 3 rings (SSSR count). The Morgan fingerprint density at radius 1 is 1.55 bits per heavy atom. The van der Waals surface area contributed by atoms with Gasteiger partial charge in [-0.2, -0.15) is 5.10 Å². The van der Waals surface area contributed by atoms with Crippen molar-refractivity contribution in [2.45, 2.75) is 25.4 Å². The summed E-state index contributed by atoms with van der Waals surface area (Å²) in [5.41, 5.74) is 7.63. The van der Waals surface area contributed by atoms with Gasteiger partial charge >= 0.3 is 0 Å². The number of anilines is 1. The zero-order valence-electron chi connectivity index (χ0n) is 11.4. The molecule has 2 N–H and O–H groups in total. The number of hydrogen-bond acceptors (Lipinski definition) is 4. The van der Waals surface area contributed by atoms with Crippen LogP contribution in [0.2, 0.25) is 0 Å². The smallest absolute Gasteiger partial charge is 0.277 e. The minimum atomic E-state index is -0.102. The molecule has 1 amide bonds. The maximum Gasteiger partial charge on any atom is 0.277 e. The second-order valence-corrected chi connectivity index (χ2v) is 5.13. The quantitative estimate of drug-likeness (QED) is 0.906. The Kier molecular flexibility index (Phi) is 3.14. The second kappa shape index (κ2) is 4.96. The van der Waals surface area contributed by atoms with Gasteiger partial charge in [0.15, 0.2) is 5.69 Å². The highest BCUT2D eigenvalue weighted by atomic mass is 16.2. The van der Waals surface area contributed by atoms with E-state index >= 15 is 0 Å². The summed E-state index contributed by atoms with van der Waals surface area (Å²) in [4.78, 5) is 18.5. The molecule has 1 saturated carbocycles. The van der Waals surface area contributed by atoms with Crippen LogP contribution in [0.3, 0.4) is 0 Å². The molecule has 1 aliphatic carbocycles. The van der Waals surface area contributed by atoms with Crippen molar-refractivity contribution in [3.8, 4) is 0 Å². The minimum Gasteiger partial charge on any atom is -0.396 e. The largest absolute Gasteiger partial charge is 0.396 e. The Morgan fingerprint density at radius 2 is 2.35 bits per heavy atom. The van der Waals surface area contributed by atoms with E-state index in [0.29, 0.717) is 24.0 Å². The van der Waals surface area contributed by atoms with Gasteiger partial charge in [-0.3, -0.25) is 14.5 Å². The van der Waals surface area contributed by atoms with E-state index in [0.717, 1.165) is 18.4 Å². The van der Waals surface area contributed by atoms with Gasteiger partial charge < -0.3 is 10.6 Å². The summed E-state index contributed by atoms with van der Waals surface area (Å²) in [5, 5.41) is 4.17. The lowest BCUT2D eigenvalue weighted by Crippen LogP contribution is -2.33. The monoisotopic (exact) mass is 271 g/mol. The summed E-state index contributed by atoms with van der Waals surface area (Å²) in [7, 11) is 1.76. The third-order valence-corrected chi connectivity index (χ3v) is 3.38. The first-order chi connectivity index (χ1) is 9.65. The number of nitrogens with zero attached hydrogens (tertiary/aromatic N) is 4. The number of rotatable bonds is 4. The molecule has 20 heavy (non-hydrogen) atoms. The van der Waals surface area contributed by atoms with E-state index in [1.54, 1.807) is 30.3 Å². The summed E-state index contributed by atoms with van der Waals surface area (Å²) in [6.07, 6.45) is 7.24. The Balaban J connectivity index is 1.84. The van der Waals surface area contributed by atoms with Gasteiger partial charge in [0.25, 0.3) is 5.91 Å². The molecule has 104 valence electrons. The average molecular weight is 271 g/mol. The van der Waals surface area contributed by atoms with Crippen LogP contribution >= 0.6 is 0 Å². The van der Waals surface area contributed by atoms with Crippen molar-refractivity contribution in [3.63, 3.8) is 0 Å². The number of pyridine rings is 1. The SMILES string of the molecule is Cn1cc(N)c(C(=O)N(Cc2cccnc2)C2CC2)n1. The van der Waals surface area contributed by atoms with E-state index in [1.165, 1.54) is 0 Å². The van der Waals surface area contributed by atoms with Gasteiger partial charge in [0.05, 0.1) is 5.69 Å². The number of amides is 1. The normalized spacial score (nSPS) is 14.2. The van der Waals surface area contributed by atoms with E-state index in [1.807, 2.05) is 17.0 Å². The van der Waals surface area contributed by atoms with E-state index in [-0.39, 0.29) is 5.91 Å². The molecule has 6 heteroatoms. The first-order valence-corrected chi connectivity index (χ1v) is 6.64. The number of aryl methyl sites for hydroxylation is 1. The van der Waals surface area contributed by atoms with Crippen molar-refractivity contribution in [2.75, 3.05) is 5.73 Å². The summed E-state index contributed by atoms with van der Waals surface area (Å²) in [6, 6.07) is 4.14.